The van der Waals surface area contributed by atoms with Crippen molar-refractivity contribution >= 4 is 27.5 Å². The standard InChI is InChI=1S/C22H26ClF3N2O3S/c23-19-2-1-17(10-18(19)22(24,25)26)32(30,31)28-5-3-27(4-6-28)20(29)21-11-14-7-15(12-21)9-16(8-14)13-21/h1-2,10,14-16H,3-9,11-13H2. The van der Waals surface area contributed by atoms with E-state index in [0.717, 1.165) is 31.4 Å². The van der Waals surface area contributed by atoms with Crippen LogP contribution in [0.15, 0.2) is 23.1 Å². The second-order valence-corrected chi connectivity index (χ2v) is 12.4. The Bertz CT molecular complexity index is 1000. The maximum atomic E-state index is 13.5. The van der Waals surface area contributed by atoms with Crippen LogP contribution in [0.25, 0.3) is 0 Å². The van der Waals surface area contributed by atoms with Crippen LogP contribution in [0, 0.1) is 23.2 Å². The molecule has 0 aromatic heterocycles. The summed E-state index contributed by atoms with van der Waals surface area (Å²) in [5.74, 6) is 2.07. The molecule has 0 N–H and O–H groups in total. The molecule has 0 spiro atoms. The van der Waals surface area contributed by atoms with E-state index in [9.17, 15) is 26.4 Å². The lowest BCUT2D eigenvalue weighted by Crippen LogP contribution is -2.58. The molecule has 0 atom stereocenters. The molecule has 4 aliphatic carbocycles. The van der Waals surface area contributed by atoms with Crippen molar-refractivity contribution in [1.29, 1.82) is 0 Å². The van der Waals surface area contributed by atoms with E-state index in [1.807, 2.05) is 0 Å². The lowest BCUT2D eigenvalue weighted by molar-refractivity contribution is -0.158. The second-order valence-electron chi connectivity index (χ2n) is 10.0. The fourth-order valence-corrected chi connectivity index (χ4v) is 8.54. The molecular formula is C22H26ClF3N2O3S. The summed E-state index contributed by atoms with van der Waals surface area (Å²) in [6, 6.07) is 2.65. The molecule has 1 aliphatic heterocycles. The molecule has 5 fully saturated rings. The molecule has 176 valence electrons. The molecule has 5 aliphatic rings. The van der Waals surface area contributed by atoms with Gasteiger partial charge in [-0.1, -0.05) is 11.6 Å². The Balaban J connectivity index is 1.29. The molecular weight excluding hydrogens is 465 g/mol. The predicted octanol–water partition coefficient (Wildman–Crippen LogP) is 4.41. The number of amides is 1. The lowest BCUT2D eigenvalue weighted by Gasteiger charge is -2.57. The third-order valence-corrected chi connectivity index (χ3v) is 10.1. The van der Waals surface area contributed by atoms with Crippen molar-refractivity contribution in [2.75, 3.05) is 26.2 Å². The highest BCUT2D eigenvalue weighted by atomic mass is 35.5. The highest BCUT2D eigenvalue weighted by Gasteiger charge is 2.55. The molecule has 4 saturated carbocycles. The number of piperazine rings is 1. The highest BCUT2D eigenvalue weighted by molar-refractivity contribution is 7.89. The summed E-state index contributed by atoms with van der Waals surface area (Å²) in [4.78, 5) is 14.8. The largest absolute Gasteiger partial charge is 0.417 e. The summed E-state index contributed by atoms with van der Waals surface area (Å²) >= 11 is 5.63. The minimum absolute atomic E-state index is 0.0738. The van der Waals surface area contributed by atoms with Crippen LogP contribution in [0.5, 0.6) is 0 Å². The number of carbonyl (C=O) groups is 1. The van der Waals surface area contributed by atoms with Crippen LogP contribution in [-0.2, 0) is 21.0 Å². The number of sulfonamides is 1. The number of rotatable bonds is 3. The smallest absolute Gasteiger partial charge is 0.340 e. The van der Waals surface area contributed by atoms with Crippen LogP contribution in [0.4, 0.5) is 13.2 Å². The zero-order chi connectivity index (χ0) is 22.9. The first-order chi connectivity index (χ1) is 15.0. The third-order valence-electron chi connectivity index (χ3n) is 7.90. The van der Waals surface area contributed by atoms with Gasteiger partial charge in [-0.3, -0.25) is 4.79 Å². The van der Waals surface area contributed by atoms with E-state index in [1.54, 1.807) is 4.90 Å². The molecule has 6 rings (SSSR count). The Hall–Kier alpha value is -1.32. The van der Waals surface area contributed by atoms with E-state index in [1.165, 1.54) is 23.6 Å². The fourth-order valence-electron chi connectivity index (χ4n) is 6.87. The Morgan fingerprint density at radius 3 is 2.00 bits per heavy atom. The number of halogens is 4. The van der Waals surface area contributed by atoms with Gasteiger partial charge in [0.25, 0.3) is 0 Å². The zero-order valence-corrected chi connectivity index (χ0v) is 19.1. The first-order valence-electron chi connectivity index (χ1n) is 11.1. The molecule has 1 heterocycles. The van der Waals surface area contributed by atoms with Gasteiger partial charge >= 0.3 is 6.18 Å². The molecule has 0 unspecified atom stereocenters. The topological polar surface area (TPSA) is 57.7 Å². The van der Waals surface area contributed by atoms with Gasteiger partial charge in [-0.2, -0.15) is 17.5 Å². The first kappa shape index (κ1) is 22.5. The van der Waals surface area contributed by atoms with Crippen LogP contribution >= 0.6 is 11.6 Å². The van der Waals surface area contributed by atoms with Gasteiger partial charge in [-0.25, -0.2) is 8.42 Å². The van der Waals surface area contributed by atoms with Crippen LogP contribution in [-0.4, -0.2) is 49.7 Å². The van der Waals surface area contributed by atoms with E-state index < -0.39 is 31.7 Å². The Morgan fingerprint density at radius 1 is 0.969 bits per heavy atom. The van der Waals surface area contributed by atoms with Crippen molar-refractivity contribution in [2.24, 2.45) is 23.2 Å². The number of hydrogen-bond acceptors (Lipinski definition) is 3. The minimum Gasteiger partial charge on any atom is -0.340 e. The highest BCUT2D eigenvalue weighted by Crippen LogP contribution is 2.60. The van der Waals surface area contributed by atoms with Gasteiger partial charge in [0.15, 0.2) is 0 Å². The third kappa shape index (κ3) is 3.74. The number of alkyl halides is 3. The van der Waals surface area contributed by atoms with E-state index in [4.69, 9.17) is 11.6 Å². The van der Waals surface area contributed by atoms with Crippen molar-refractivity contribution < 1.29 is 26.4 Å². The predicted molar refractivity (Wildman–Crippen MR) is 112 cm³/mol. The van der Waals surface area contributed by atoms with Gasteiger partial charge in [0.1, 0.15) is 0 Å². The summed E-state index contributed by atoms with van der Waals surface area (Å²) in [6.45, 7) is 0.674. The van der Waals surface area contributed by atoms with Gasteiger partial charge in [0.05, 0.1) is 20.9 Å². The lowest BCUT2D eigenvalue weighted by atomic mass is 9.49. The maximum absolute atomic E-state index is 13.5. The summed E-state index contributed by atoms with van der Waals surface area (Å²) in [7, 11) is -4.12. The van der Waals surface area contributed by atoms with Gasteiger partial charge in [-0.15, -0.1) is 0 Å². The van der Waals surface area contributed by atoms with E-state index in [0.29, 0.717) is 23.8 Å². The van der Waals surface area contributed by atoms with Crippen LogP contribution < -0.4 is 0 Å². The Morgan fingerprint density at radius 2 is 1.50 bits per heavy atom. The summed E-state index contributed by atoms with van der Waals surface area (Å²) in [6.07, 6.45) is 1.80. The van der Waals surface area contributed by atoms with Crippen molar-refractivity contribution in [3.8, 4) is 0 Å². The van der Waals surface area contributed by atoms with E-state index >= 15 is 0 Å². The van der Waals surface area contributed by atoms with Crippen LogP contribution in [0.2, 0.25) is 5.02 Å². The summed E-state index contributed by atoms with van der Waals surface area (Å²) in [5.41, 5.74) is -1.45. The molecule has 5 nitrogen and oxygen atoms in total. The van der Waals surface area contributed by atoms with Gasteiger partial charge in [0.2, 0.25) is 15.9 Å². The van der Waals surface area contributed by atoms with E-state index in [-0.39, 0.29) is 37.5 Å². The second kappa shape index (κ2) is 7.60. The van der Waals surface area contributed by atoms with Crippen LogP contribution in [0.1, 0.15) is 44.1 Å². The average molecular weight is 491 g/mol. The van der Waals surface area contributed by atoms with E-state index in [2.05, 4.69) is 0 Å². The number of carbonyl (C=O) groups excluding carboxylic acids is 1. The monoisotopic (exact) mass is 490 g/mol. The Labute approximate surface area is 190 Å². The van der Waals surface area contributed by atoms with Gasteiger partial charge in [0, 0.05) is 26.2 Å². The number of hydrogen-bond donors (Lipinski definition) is 0. The van der Waals surface area contributed by atoms with Crippen LogP contribution in [0.3, 0.4) is 0 Å². The number of nitrogens with zero attached hydrogens (tertiary/aromatic N) is 2. The molecule has 0 radical (unpaired) electrons. The van der Waals surface area contributed by atoms with Gasteiger partial charge < -0.3 is 4.90 Å². The molecule has 10 heteroatoms. The summed E-state index contributed by atoms with van der Waals surface area (Å²) in [5, 5.41) is -0.539. The van der Waals surface area contributed by atoms with Crippen molar-refractivity contribution in [3.05, 3.63) is 28.8 Å². The fraction of sp³-hybridized carbons (Fsp3) is 0.682. The molecule has 32 heavy (non-hydrogen) atoms. The molecule has 4 bridgehead atoms. The first-order valence-corrected chi connectivity index (χ1v) is 13.0. The molecule has 1 saturated heterocycles. The molecule has 1 aromatic carbocycles. The molecule has 1 aromatic rings. The quantitative estimate of drug-likeness (QED) is 0.630. The maximum Gasteiger partial charge on any atom is 0.417 e. The van der Waals surface area contributed by atoms with Gasteiger partial charge in [-0.05, 0) is 74.5 Å². The van der Waals surface area contributed by atoms with Crippen molar-refractivity contribution in [3.63, 3.8) is 0 Å². The van der Waals surface area contributed by atoms with Crippen molar-refractivity contribution in [1.82, 2.24) is 9.21 Å². The Kier molecular flexibility index (Phi) is 5.34. The average Bonchev–Trinajstić information content (AvgIpc) is 2.71. The normalized spacial score (nSPS) is 33.0. The zero-order valence-electron chi connectivity index (χ0n) is 17.6. The number of benzene rings is 1. The molecule has 1 amide bonds. The summed E-state index contributed by atoms with van der Waals surface area (Å²) < 4.78 is 66.7. The minimum atomic E-state index is -4.74. The SMILES string of the molecule is O=C(N1CCN(S(=O)(=O)c2ccc(Cl)c(C(F)(F)F)c2)CC1)C12CC3CC(CC(C3)C1)C2. The van der Waals surface area contributed by atoms with Crippen molar-refractivity contribution in [2.45, 2.75) is 49.6 Å².